The standard InChI is InChI=1S/C25H30N4OS/c1-25(2,3)21-6-4-20(5-7-21)24(30)27-22-8-9-23(26-16-22)29-13-11-28(12-14-29)17-19-10-15-31-18-19/h4-10,15-16,18H,11-14,17H2,1-3H3,(H,27,30). The van der Waals surface area contributed by atoms with Crippen molar-refractivity contribution in [1.82, 2.24) is 9.88 Å². The molecule has 1 aromatic carbocycles. The number of amides is 1. The maximum absolute atomic E-state index is 12.6. The monoisotopic (exact) mass is 434 g/mol. The quantitative estimate of drug-likeness (QED) is 0.613. The molecule has 0 atom stereocenters. The van der Waals surface area contributed by atoms with Gasteiger partial charge in [0.1, 0.15) is 5.82 Å². The maximum atomic E-state index is 12.6. The zero-order chi connectivity index (χ0) is 21.8. The third-order valence-corrected chi connectivity index (χ3v) is 6.43. The highest BCUT2D eigenvalue weighted by Gasteiger charge is 2.18. The lowest BCUT2D eigenvalue weighted by molar-refractivity contribution is 0.102. The fraction of sp³-hybridized carbons (Fsp3) is 0.360. The summed E-state index contributed by atoms with van der Waals surface area (Å²) in [6, 6.07) is 13.9. The zero-order valence-corrected chi connectivity index (χ0v) is 19.3. The van der Waals surface area contributed by atoms with Crippen LogP contribution in [0.4, 0.5) is 11.5 Å². The molecule has 2 aromatic heterocycles. The molecule has 3 aromatic rings. The molecule has 1 saturated heterocycles. The number of anilines is 2. The second-order valence-electron chi connectivity index (χ2n) is 9.08. The van der Waals surface area contributed by atoms with E-state index in [0.29, 0.717) is 11.3 Å². The first-order valence-electron chi connectivity index (χ1n) is 10.7. The van der Waals surface area contributed by atoms with Crippen molar-refractivity contribution in [2.75, 3.05) is 36.4 Å². The van der Waals surface area contributed by atoms with E-state index in [0.717, 1.165) is 38.5 Å². The van der Waals surface area contributed by atoms with Gasteiger partial charge in [0, 0.05) is 38.3 Å². The number of benzene rings is 1. The van der Waals surface area contributed by atoms with E-state index in [2.05, 4.69) is 57.7 Å². The number of pyridine rings is 1. The lowest BCUT2D eigenvalue weighted by Crippen LogP contribution is -2.46. The van der Waals surface area contributed by atoms with Crippen molar-refractivity contribution < 1.29 is 4.79 Å². The van der Waals surface area contributed by atoms with Gasteiger partial charge in [0.2, 0.25) is 0 Å². The number of carbonyl (C=O) groups is 1. The molecule has 0 radical (unpaired) electrons. The van der Waals surface area contributed by atoms with Crippen molar-refractivity contribution in [3.8, 4) is 0 Å². The molecule has 0 unspecified atom stereocenters. The van der Waals surface area contributed by atoms with E-state index in [9.17, 15) is 4.79 Å². The normalized spacial score (nSPS) is 15.1. The highest BCUT2D eigenvalue weighted by molar-refractivity contribution is 7.07. The second-order valence-corrected chi connectivity index (χ2v) is 9.86. The molecule has 0 aliphatic carbocycles. The van der Waals surface area contributed by atoms with Gasteiger partial charge >= 0.3 is 0 Å². The van der Waals surface area contributed by atoms with E-state index in [4.69, 9.17) is 0 Å². The Kier molecular flexibility index (Phi) is 6.39. The summed E-state index contributed by atoms with van der Waals surface area (Å²) in [5, 5.41) is 7.31. The molecular formula is C25H30N4OS. The summed E-state index contributed by atoms with van der Waals surface area (Å²) in [6.45, 7) is 11.5. The number of nitrogens with zero attached hydrogens (tertiary/aromatic N) is 3. The molecule has 162 valence electrons. The lowest BCUT2D eigenvalue weighted by Gasteiger charge is -2.35. The van der Waals surface area contributed by atoms with Gasteiger partial charge in [-0.25, -0.2) is 4.98 Å². The molecule has 0 spiro atoms. The van der Waals surface area contributed by atoms with Crippen LogP contribution in [-0.4, -0.2) is 42.0 Å². The van der Waals surface area contributed by atoms with Crippen LogP contribution >= 0.6 is 11.3 Å². The van der Waals surface area contributed by atoms with Crippen LogP contribution in [0.3, 0.4) is 0 Å². The molecule has 4 rings (SSSR count). The number of rotatable bonds is 5. The van der Waals surface area contributed by atoms with Crippen LogP contribution in [0.1, 0.15) is 42.3 Å². The highest BCUT2D eigenvalue weighted by atomic mass is 32.1. The molecule has 0 bridgehead atoms. The summed E-state index contributed by atoms with van der Waals surface area (Å²) in [5.74, 6) is 0.847. The number of hydrogen-bond acceptors (Lipinski definition) is 5. The zero-order valence-electron chi connectivity index (χ0n) is 18.5. The molecule has 0 saturated carbocycles. The molecule has 1 N–H and O–H groups in total. The second kappa shape index (κ2) is 9.20. The van der Waals surface area contributed by atoms with Crippen LogP contribution in [-0.2, 0) is 12.0 Å². The van der Waals surface area contributed by atoms with Gasteiger partial charge in [-0.3, -0.25) is 9.69 Å². The smallest absolute Gasteiger partial charge is 0.255 e. The molecule has 1 aliphatic rings. The van der Waals surface area contributed by atoms with E-state index in [-0.39, 0.29) is 11.3 Å². The Morgan fingerprint density at radius 1 is 1.03 bits per heavy atom. The van der Waals surface area contributed by atoms with Crippen molar-refractivity contribution in [1.29, 1.82) is 0 Å². The first-order valence-corrected chi connectivity index (χ1v) is 11.7. The van der Waals surface area contributed by atoms with Gasteiger partial charge in [-0.15, -0.1) is 0 Å². The molecule has 1 fully saturated rings. The average Bonchev–Trinajstić information content (AvgIpc) is 3.27. The number of carbonyl (C=O) groups excluding carboxylic acids is 1. The van der Waals surface area contributed by atoms with Crippen LogP contribution < -0.4 is 10.2 Å². The van der Waals surface area contributed by atoms with Gasteiger partial charge in [0.05, 0.1) is 11.9 Å². The Labute approximate surface area is 188 Å². The van der Waals surface area contributed by atoms with Crippen molar-refractivity contribution in [2.24, 2.45) is 0 Å². The summed E-state index contributed by atoms with van der Waals surface area (Å²) in [4.78, 5) is 22.0. The Bertz CT molecular complexity index is 984. The van der Waals surface area contributed by atoms with Crippen molar-refractivity contribution >= 4 is 28.7 Å². The predicted octanol–water partition coefficient (Wildman–Crippen LogP) is 5.02. The average molecular weight is 435 g/mol. The van der Waals surface area contributed by atoms with Crippen LogP contribution in [0.5, 0.6) is 0 Å². The number of piperazine rings is 1. The topological polar surface area (TPSA) is 48.5 Å². The summed E-state index contributed by atoms with van der Waals surface area (Å²) in [5.41, 5.74) is 4.04. The minimum absolute atomic E-state index is 0.0736. The SMILES string of the molecule is CC(C)(C)c1ccc(C(=O)Nc2ccc(N3CCN(Cc4ccsc4)CC3)nc2)cc1. The molecule has 1 amide bonds. The number of thiophene rings is 1. The summed E-state index contributed by atoms with van der Waals surface area (Å²) in [6.07, 6.45) is 1.74. The molecule has 5 nitrogen and oxygen atoms in total. The first kappa shape index (κ1) is 21.5. The van der Waals surface area contributed by atoms with Crippen molar-refractivity contribution in [3.63, 3.8) is 0 Å². The number of aromatic nitrogens is 1. The maximum Gasteiger partial charge on any atom is 0.255 e. The van der Waals surface area contributed by atoms with Gasteiger partial charge in [-0.05, 0) is 57.6 Å². The summed E-state index contributed by atoms with van der Waals surface area (Å²) in [7, 11) is 0. The van der Waals surface area contributed by atoms with Crippen LogP contribution in [0, 0.1) is 0 Å². The van der Waals surface area contributed by atoms with E-state index >= 15 is 0 Å². The van der Waals surface area contributed by atoms with Crippen LogP contribution in [0.2, 0.25) is 0 Å². The Morgan fingerprint density at radius 2 is 1.77 bits per heavy atom. The van der Waals surface area contributed by atoms with Gasteiger partial charge in [-0.2, -0.15) is 11.3 Å². The summed E-state index contributed by atoms with van der Waals surface area (Å²) >= 11 is 1.75. The first-order chi connectivity index (χ1) is 14.9. The van der Waals surface area contributed by atoms with Gasteiger partial charge in [-0.1, -0.05) is 32.9 Å². The van der Waals surface area contributed by atoms with Crippen molar-refractivity contribution in [2.45, 2.75) is 32.7 Å². The summed E-state index contributed by atoms with van der Waals surface area (Å²) < 4.78 is 0. The molecular weight excluding hydrogens is 404 g/mol. The van der Waals surface area contributed by atoms with Gasteiger partial charge in [0.15, 0.2) is 0 Å². The van der Waals surface area contributed by atoms with E-state index in [1.807, 2.05) is 36.4 Å². The van der Waals surface area contributed by atoms with Gasteiger partial charge in [0.25, 0.3) is 5.91 Å². The fourth-order valence-corrected chi connectivity index (χ4v) is 4.41. The van der Waals surface area contributed by atoms with Crippen molar-refractivity contribution in [3.05, 3.63) is 76.1 Å². The Hall–Kier alpha value is -2.70. The minimum atomic E-state index is -0.114. The highest BCUT2D eigenvalue weighted by Crippen LogP contribution is 2.23. The molecule has 1 aliphatic heterocycles. The third-order valence-electron chi connectivity index (χ3n) is 5.70. The van der Waals surface area contributed by atoms with E-state index in [1.165, 1.54) is 11.1 Å². The predicted molar refractivity (Wildman–Crippen MR) is 129 cm³/mol. The molecule has 31 heavy (non-hydrogen) atoms. The van der Waals surface area contributed by atoms with Gasteiger partial charge < -0.3 is 10.2 Å². The Morgan fingerprint density at radius 3 is 2.35 bits per heavy atom. The molecule has 3 heterocycles. The van der Waals surface area contributed by atoms with E-state index in [1.54, 1.807) is 17.5 Å². The number of nitrogens with one attached hydrogen (secondary N) is 1. The Balaban J connectivity index is 1.30. The minimum Gasteiger partial charge on any atom is -0.354 e. The largest absolute Gasteiger partial charge is 0.354 e. The fourth-order valence-electron chi connectivity index (χ4n) is 3.75. The van der Waals surface area contributed by atoms with Crippen LogP contribution in [0.15, 0.2) is 59.4 Å². The lowest BCUT2D eigenvalue weighted by atomic mass is 9.87. The number of hydrogen-bond donors (Lipinski definition) is 1. The van der Waals surface area contributed by atoms with E-state index < -0.39 is 0 Å². The molecule has 6 heteroatoms. The van der Waals surface area contributed by atoms with Crippen LogP contribution in [0.25, 0.3) is 0 Å². The third kappa shape index (κ3) is 5.51.